The highest BCUT2D eigenvalue weighted by atomic mass is 79.9. The van der Waals surface area contributed by atoms with Gasteiger partial charge in [0.2, 0.25) is 0 Å². The summed E-state index contributed by atoms with van der Waals surface area (Å²) in [5.41, 5.74) is 0.822. The third-order valence-corrected chi connectivity index (χ3v) is 4.09. The van der Waals surface area contributed by atoms with E-state index < -0.39 is 0 Å². The SMILES string of the molecule is CC1CCCN(CCC(=O)c2ccc(Br)cc2)C1.[Cl-].[H+]. The van der Waals surface area contributed by atoms with E-state index in [1.807, 2.05) is 24.3 Å². The van der Waals surface area contributed by atoms with E-state index in [0.29, 0.717) is 6.42 Å². The maximum Gasteiger partial charge on any atom is 1.00 e. The van der Waals surface area contributed by atoms with Crippen LogP contribution in [0.25, 0.3) is 0 Å². The van der Waals surface area contributed by atoms with Crippen LogP contribution in [0.1, 0.15) is 38.0 Å². The minimum Gasteiger partial charge on any atom is -1.00 e. The molecule has 1 aromatic rings. The van der Waals surface area contributed by atoms with Crippen LogP contribution < -0.4 is 12.4 Å². The third-order valence-electron chi connectivity index (χ3n) is 3.56. The van der Waals surface area contributed by atoms with Gasteiger partial charge in [-0.3, -0.25) is 4.79 Å². The van der Waals surface area contributed by atoms with Gasteiger partial charge in [-0.2, -0.15) is 0 Å². The van der Waals surface area contributed by atoms with E-state index in [2.05, 4.69) is 27.8 Å². The number of benzene rings is 1. The van der Waals surface area contributed by atoms with Crippen molar-refractivity contribution in [3.63, 3.8) is 0 Å². The van der Waals surface area contributed by atoms with E-state index in [0.717, 1.165) is 35.6 Å². The number of carbonyl (C=O) groups is 1. The van der Waals surface area contributed by atoms with Gasteiger partial charge in [0.15, 0.2) is 5.78 Å². The van der Waals surface area contributed by atoms with Gasteiger partial charge in [-0.15, -0.1) is 0 Å². The number of Topliss-reactive ketones (excluding diaryl/α,β-unsaturated/α-hetero) is 1. The van der Waals surface area contributed by atoms with Crippen molar-refractivity contribution in [3.05, 3.63) is 34.3 Å². The van der Waals surface area contributed by atoms with E-state index in [9.17, 15) is 4.79 Å². The van der Waals surface area contributed by atoms with Gasteiger partial charge in [0.05, 0.1) is 0 Å². The Bertz CT molecular complexity index is 413. The van der Waals surface area contributed by atoms with Crippen molar-refractivity contribution < 1.29 is 18.6 Å². The molecule has 1 aromatic carbocycles. The van der Waals surface area contributed by atoms with Gasteiger partial charge in [-0.25, -0.2) is 0 Å². The molecule has 1 saturated heterocycles. The van der Waals surface area contributed by atoms with Gasteiger partial charge in [-0.1, -0.05) is 35.0 Å². The fourth-order valence-corrected chi connectivity index (χ4v) is 2.79. The molecule has 0 saturated carbocycles. The number of rotatable bonds is 4. The van der Waals surface area contributed by atoms with Crippen LogP contribution in [0.15, 0.2) is 28.7 Å². The van der Waals surface area contributed by atoms with Crippen LogP contribution in [0.2, 0.25) is 0 Å². The molecule has 0 spiro atoms. The second kappa shape index (κ2) is 8.03. The Labute approximate surface area is 131 Å². The van der Waals surface area contributed by atoms with Crippen LogP contribution in [-0.4, -0.2) is 30.3 Å². The second-order valence-corrected chi connectivity index (χ2v) is 6.14. The van der Waals surface area contributed by atoms with Crippen LogP contribution in [0.3, 0.4) is 0 Å². The van der Waals surface area contributed by atoms with Gasteiger partial charge in [0, 0.05) is 29.5 Å². The largest absolute Gasteiger partial charge is 1.00 e. The standard InChI is InChI=1S/C15H20BrNO.ClH/c1-12-3-2-9-17(11-12)10-8-15(18)13-4-6-14(16)7-5-13;/h4-7,12H,2-3,8-11H2,1H3;1H. The maximum absolute atomic E-state index is 12.0. The van der Waals surface area contributed by atoms with Crippen LogP contribution >= 0.6 is 15.9 Å². The summed E-state index contributed by atoms with van der Waals surface area (Å²) in [5, 5.41) is 0. The molecule has 2 nitrogen and oxygen atoms in total. The number of hydrogen-bond donors (Lipinski definition) is 0. The van der Waals surface area contributed by atoms with Gasteiger partial charge in [-0.05, 0) is 37.4 Å². The van der Waals surface area contributed by atoms with Crippen molar-refractivity contribution in [2.24, 2.45) is 5.92 Å². The Morgan fingerprint density at radius 2 is 2.11 bits per heavy atom. The minimum absolute atomic E-state index is 0. The number of piperidine rings is 1. The molecule has 1 heterocycles. The Morgan fingerprint density at radius 3 is 2.74 bits per heavy atom. The summed E-state index contributed by atoms with van der Waals surface area (Å²) in [4.78, 5) is 14.5. The molecule has 19 heavy (non-hydrogen) atoms. The van der Waals surface area contributed by atoms with E-state index in [1.54, 1.807) is 0 Å². The first-order valence-electron chi connectivity index (χ1n) is 6.66. The number of halogens is 2. The third kappa shape index (κ3) is 5.25. The number of hydrogen-bond acceptors (Lipinski definition) is 2. The lowest BCUT2D eigenvalue weighted by atomic mass is 9.99. The van der Waals surface area contributed by atoms with Crippen molar-refractivity contribution in [2.75, 3.05) is 19.6 Å². The smallest absolute Gasteiger partial charge is 1.00 e. The molecule has 2 rings (SSSR count). The number of likely N-dealkylation sites (tertiary alicyclic amines) is 1. The first-order chi connectivity index (χ1) is 8.65. The molecular formula is C15H21BrClNO. The summed E-state index contributed by atoms with van der Waals surface area (Å²) in [6.07, 6.45) is 3.24. The zero-order valence-electron chi connectivity index (χ0n) is 12.2. The zero-order valence-corrected chi connectivity index (χ0v) is 13.6. The quantitative estimate of drug-likeness (QED) is 0.754. The van der Waals surface area contributed by atoms with Crippen molar-refractivity contribution in [1.29, 1.82) is 0 Å². The lowest BCUT2D eigenvalue weighted by molar-refractivity contribution is -0.0000117. The normalized spacial score (nSPS) is 19.8. The first kappa shape index (κ1) is 16.7. The molecule has 106 valence electrons. The Balaban J connectivity index is 0.00000180. The topological polar surface area (TPSA) is 20.3 Å². The van der Waals surface area contributed by atoms with Gasteiger partial charge >= 0.3 is 1.43 Å². The molecule has 0 aliphatic carbocycles. The summed E-state index contributed by atoms with van der Waals surface area (Å²) < 4.78 is 1.02. The molecule has 0 radical (unpaired) electrons. The molecule has 0 bridgehead atoms. The highest BCUT2D eigenvalue weighted by Crippen LogP contribution is 2.16. The molecule has 1 fully saturated rings. The number of nitrogens with zero attached hydrogens (tertiary/aromatic N) is 1. The van der Waals surface area contributed by atoms with Crippen LogP contribution in [0, 0.1) is 5.92 Å². The molecule has 1 aliphatic rings. The molecule has 4 heteroatoms. The Kier molecular flexibility index (Phi) is 7.05. The summed E-state index contributed by atoms with van der Waals surface area (Å²) >= 11 is 3.38. The molecule has 1 aliphatic heterocycles. The van der Waals surface area contributed by atoms with E-state index >= 15 is 0 Å². The molecule has 1 unspecified atom stereocenters. The highest BCUT2D eigenvalue weighted by Gasteiger charge is 2.17. The monoisotopic (exact) mass is 345 g/mol. The average Bonchev–Trinajstić information content (AvgIpc) is 2.37. The predicted octanol–water partition coefficient (Wildman–Crippen LogP) is 0.870. The fraction of sp³-hybridized carbons (Fsp3) is 0.533. The van der Waals surface area contributed by atoms with Gasteiger partial charge in [0.1, 0.15) is 0 Å². The molecular weight excluding hydrogens is 326 g/mol. The van der Waals surface area contributed by atoms with Gasteiger partial charge < -0.3 is 17.3 Å². The van der Waals surface area contributed by atoms with E-state index in [1.165, 1.54) is 12.8 Å². The lowest BCUT2D eigenvalue weighted by Gasteiger charge is -2.30. The summed E-state index contributed by atoms with van der Waals surface area (Å²) in [6.45, 7) is 5.49. The van der Waals surface area contributed by atoms with Crippen molar-refractivity contribution in [3.8, 4) is 0 Å². The van der Waals surface area contributed by atoms with Crippen molar-refractivity contribution >= 4 is 21.7 Å². The number of carbonyl (C=O) groups excluding carboxylic acids is 1. The summed E-state index contributed by atoms with van der Waals surface area (Å²) in [7, 11) is 0. The summed E-state index contributed by atoms with van der Waals surface area (Å²) in [5.74, 6) is 1.03. The first-order valence-corrected chi connectivity index (χ1v) is 7.45. The van der Waals surface area contributed by atoms with Crippen molar-refractivity contribution in [2.45, 2.75) is 26.2 Å². The average molecular weight is 347 g/mol. The zero-order chi connectivity index (χ0) is 13.0. The van der Waals surface area contributed by atoms with Crippen molar-refractivity contribution in [1.82, 2.24) is 4.90 Å². The molecule has 0 amide bonds. The minimum atomic E-state index is 0. The summed E-state index contributed by atoms with van der Waals surface area (Å²) in [6, 6.07) is 7.64. The Morgan fingerprint density at radius 1 is 1.42 bits per heavy atom. The van der Waals surface area contributed by atoms with Crippen LogP contribution in [0.4, 0.5) is 0 Å². The van der Waals surface area contributed by atoms with E-state index in [-0.39, 0.29) is 19.6 Å². The molecule has 1 atom stereocenters. The highest BCUT2D eigenvalue weighted by molar-refractivity contribution is 9.10. The Hall–Kier alpha value is -0.380. The van der Waals surface area contributed by atoms with Crippen LogP contribution in [-0.2, 0) is 0 Å². The fourth-order valence-electron chi connectivity index (χ4n) is 2.53. The second-order valence-electron chi connectivity index (χ2n) is 5.23. The number of ketones is 1. The van der Waals surface area contributed by atoms with E-state index in [4.69, 9.17) is 0 Å². The van der Waals surface area contributed by atoms with Gasteiger partial charge in [0.25, 0.3) is 0 Å². The molecule has 0 aromatic heterocycles. The maximum atomic E-state index is 12.0. The lowest BCUT2D eigenvalue weighted by Crippen LogP contribution is -3.00. The predicted molar refractivity (Wildman–Crippen MR) is 79.0 cm³/mol. The molecule has 0 N–H and O–H groups in total. The van der Waals surface area contributed by atoms with Crippen LogP contribution in [0.5, 0.6) is 0 Å².